The fraction of sp³-hybridized carbons (Fsp3) is 0.429. The van der Waals surface area contributed by atoms with Crippen LogP contribution in [0.3, 0.4) is 0 Å². The van der Waals surface area contributed by atoms with Gasteiger partial charge in [-0.1, -0.05) is 12.1 Å². The van der Waals surface area contributed by atoms with Crippen LogP contribution in [0.15, 0.2) is 24.3 Å². The Hall–Kier alpha value is -2.04. The number of hydrogen-bond donors (Lipinski definition) is 1. The van der Waals surface area contributed by atoms with Crippen molar-refractivity contribution in [3.05, 3.63) is 29.8 Å². The van der Waals surface area contributed by atoms with Gasteiger partial charge in [-0.3, -0.25) is 4.79 Å². The molecule has 0 bridgehead atoms. The third-order valence-electron chi connectivity index (χ3n) is 2.40. The molecule has 1 amide bonds. The second-order valence-corrected chi connectivity index (χ2v) is 4.59. The van der Waals surface area contributed by atoms with E-state index >= 15 is 0 Å². The molecule has 1 N–H and O–H groups in total. The molecule has 0 radical (unpaired) electrons. The maximum absolute atomic E-state index is 10.9. The Morgan fingerprint density at radius 3 is 2.26 bits per heavy atom. The number of carbonyl (C=O) groups is 2. The lowest BCUT2D eigenvalue weighted by molar-refractivity contribution is -0.308. The van der Waals surface area contributed by atoms with Crippen LogP contribution in [0.5, 0.6) is 5.75 Å². The maximum atomic E-state index is 10.9. The third kappa shape index (κ3) is 5.42. The minimum absolute atomic E-state index is 0.0844. The molecule has 0 spiro atoms. The number of ether oxygens (including phenoxy) is 1. The Morgan fingerprint density at radius 2 is 1.84 bits per heavy atom. The average molecular weight is 264 g/mol. The fourth-order valence-corrected chi connectivity index (χ4v) is 1.65. The number of carboxylic acids is 1. The number of amides is 1. The van der Waals surface area contributed by atoms with Crippen LogP contribution >= 0.6 is 0 Å². The summed E-state index contributed by atoms with van der Waals surface area (Å²) in [6, 6.07) is 6.07. The molecule has 1 rings (SSSR count). The number of benzene rings is 1. The van der Waals surface area contributed by atoms with Crippen molar-refractivity contribution in [1.29, 1.82) is 0 Å². The quantitative estimate of drug-likeness (QED) is 0.800. The molecule has 0 aliphatic heterocycles. The molecule has 1 atom stereocenters. The number of hydrogen-bond acceptors (Lipinski definition) is 4. The van der Waals surface area contributed by atoms with Crippen LogP contribution in [0.2, 0.25) is 0 Å². The zero-order valence-electron chi connectivity index (χ0n) is 11.3. The van der Waals surface area contributed by atoms with Gasteiger partial charge in [0.15, 0.2) is 0 Å². The summed E-state index contributed by atoms with van der Waals surface area (Å²) in [5.74, 6) is -0.963. The molecule has 0 unspecified atom stereocenters. The smallest absolute Gasteiger partial charge is 0.217 e. The molecule has 0 saturated carbocycles. The lowest BCUT2D eigenvalue weighted by Crippen LogP contribution is -2.48. The minimum Gasteiger partial charge on any atom is -0.548 e. The van der Waals surface area contributed by atoms with E-state index in [1.54, 1.807) is 24.3 Å². The van der Waals surface area contributed by atoms with Gasteiger partial charge in [-0.15, -0.1) is 0 Å². The molecule has 19 heavy (non-hydrogen) atoms. The Balaban J connectivity index is 2.69. The van der Waals surface area contributed by atoms with Crippen LogP contribution in [0, 0.1) is 0 Å². The van der Waals surface area contributed by atoms with Crippen molar-refractivity contribution in [2.24, 2.45) is 0 Å². The van der Waals surface area contributed by atoms with Crippen molar-refractivity contribution >= 4 is 11.9 Å². The van der Waals surface area contributed by atoms with Gasteiger partial charge < -0.3 is 20.0 Å². The van der Waals surface area contributed by atoms with E-state index in [9.17, 15) is 14.7 Å². The number of aliphatic carboxylic acids is 1. The topological polar surface area (TPSA) is 78.5 Å². The van der Waals surface area contributed by atoms with Gasteiger partial charge in [-0.2, -0.15) is 0 Å². The molecular weight excluding hydrogens is 246 g/mol. The average Bonchev–Trinajstić information content (AvgIpc) is 2.29. The van der Waals surface area contributed by atoms with E-state index in [1.807, 2.05) is 13.8 Å². The van der Waals surface area contributed by atoms with Crippen LogP contribution < -0.4 is 15.2 Å². The van der Waals surface area contributed by atoms with Gasteiger partial charge in [-0.25, -0.2) is 0 Å². The summed E-state index contributed by atoms with van der Waals surface area (Å²) in [5.41, 5.74) is 0.791. The van der Waals surface area contributed by atoms with Gasteiger partial charge in [0, 0.05) is 6.92 Å². The predicted molar refractivity (Wildman–Crippen MR) is 68.5 cm³/mol. The molecular formula is C14H18NO4-. The number of carboxylic acid groups (broad SMARTS) is 1. The van der Waals surface area contributed by atoms with Crippen molar-refractivity contribution < 1.29 is 19.4 Å². The highest BCUT2D eigenvalue weighted by molar-refractivity contribution is 5.81. The van der Waals surface area contributed by atoms with Crippen molar-refractivity contribution in [3.63, 3.8) is 0 Å². The summed E-state index contributed by atoms with van der Waals surface area (Å²) >= 11 is 0. The van der Waals surface area contributed by atoms with Gasteiger partial charge >= 0.3 is 0 Å². The van der Waals surface area contributed by atoms with Crippen molar-refractivity contribution in [2.45, 2.75) is 39.3 Å². The number of carbonyl (C=O) groups excluding carboxylic acids is 2. The van der Waals surface area contributed by atoms with E-state index in [4.69, 9.17) is 4.74 Å². The largest absolute Gasteiger partial charge is 0.548 e. The first-order valence-corrected chi connectivity index (χ1v) is 6.12. The molecule has 1 aromatic rings. The van der Waals surface area contributed by atoms with Crippen LogP contribution in [0.1, 0.15) is 26.3 Å². The highest BCUT2D eigenvalue weighted by Crippen LogP contribution is 2.14. The molecule has 0 aliphatic rings. The summed E-state index contributed by atoms with van der Waals surface area (Å²) in [7, 11) is 0. The van der Waals surface area contributed by atoms with Crippen LogP contribution in [-0.2, 0) is 16.0 Å². The highest BCUT2D eigenvalue weighted by Gasteiger charge is 2.12. The molecule has 0 aromatic heterocycles. The third-order valence-corrected chi connectivity index (χ3v) is 2.40. The molecule has 0 aliphatic carbocycles. The summed E-state index contributed by atoms with van der Waals surface area (Å²) in [6.07, 6.45) is 0.269. The van der Waals surface area contributed by atoms with E-state index in [2.05, 4.69) is 5.32 Å². The monoisotopic (exact) mass is 264 g/mol. The van der Waals surface area contributed by atoms with Gasteiger partial charge in [0.2, 0.25) is 5.91 Å². The first kappa shape index (κ1) is 15.0. The van der Waals surface area contributed by atoms with Crippen LogP contribution in [0.25, 0.3) is 0 Å². The molecule has 5 heteroatoms. The molecule has 0 heterocycles. The first-order chi connectivity index (χ1) is 8.88. The van der Waals surface area contributed by atoms with Gasteiger partial charge in [0.05, 0.1) is 18.1 Å². The van der Waals surface area contributed by atoms with Crippen molar-refractivity contribution in [3.8, 4) is 5.75 Å². The molecule has 5 nitrogen and oxygen atoms in total. The Labute approximate surface area is 112 Å². The summed E-state index contributed by atoms with van der Waals surface area (Å²) in [4.78, 5) is 21.8. The molecule has 0 fully saturated rings. The zero-order chi connectivity index (χ0) is 14.4. The van der Waals surface area contributed by atoms with Crippen molar-refractivity contribution in [2.75, 3.05) is 0 Å². The Bertz CT molecular complexity index is 439. The zero-order valence-corrected chi connectivity index (χ0v) is 11.3. The minimum atomic E-state index is -1.29. The Morgan fingerprint density at radius 1 is 1.26 bits per heavy atom. The number of rotatable bonds is 6. The van der Waals surface area contributed by atoms with Gasteiger partial charge in [0.25, 0.3) is 0 Å². The van der Waals surface area contributed by atoms with E-state index in [0.717, 1.165) is 11.3 Å². The number of nitrogens with one attached hydrogen (secondary N) is 1. The molecule has 104 valence electrons. The SMILES string of the molecule is CC(=O)N[C@H](Cc1ccc(OC(C)C)cc1)C(=O)[O-]. The van der Waals surface area contributed by atoms with Crippen molar-refractivity contribution in [1.82, 2.24) is 5.32 Å². The lowest BCUT2D eigenvalue weighted by atomic mass is 10.1. The normalized spacial score (nSPS) is 12.0. The van der Waals surface area contributed by atoms with Gasteiger partial charge in [0.1, 0.15) is 5.75 Å². The molecule has 1 aromatic carbocycles. The highest BCUT2D eigenvalue weighted by atomic mass is 16.5. The Kier molecular flexibility index (Phi) is 5.36. The predicted octanol–water partition coefficient (Wildman–Crippen LogP) is 0.271. The standard InChI is InChI=1S/C14H19NO4/c1-9(2)19-12-6-4-11(5-7-12)8-13(14(17)18)15-10(3)16/h4-7,9,13H,8H2,1-3H3,(H,15,16)(H,17,18)/p-1/t13-/m1/s1. The van der Waals surface area contributed by atoms with E-state index in [1.165, 1.54) is 6.92 Å². The van der Waals surface area contributed by atoms with E-state index in [-0.39, 0.29) is 12.5 Å². The van der Waals surface area contributed by atoms with Crippen LogP contribution in [0.4, 0.5) is 0 Å². The first-order valence-electron chi connectivity index (χ1n) is 6.12. The fourth-order valence-electron chi connectivity index (χ4n) is 1.65. The van der Waals surface area contributed by atoms with E-state index < -0.39 is 17.9 Å². The van der Waals surface area contributed by atoms with E-state index in [0.29, 0.717) is 0 Å². The summed E-state index contributed by atoms with van der Waals surface area (Å²) in [5, 5.41) is 13.2. The summed E-state index contributed by atoms with van der Waals surface area (Å²) < 4.78 is 5.49. The summed E-state index contributed by atoms with van der Waals surface area (Å²) in [6.45, 7) is 5.13. The second-order valence-electron chi connectivity index (χ2n) is 4.59. The van der Waals surface area contributed by atoms with Crippen LogP contribution in [-0.4, -0.2) is 24.0 Å². The molecule has 0 saturated heterocycles. The van der Waals surface area contributed by atoms with Gasteiger partial charge in [-0.05, 0) is 38.0 Å². The lowest BCUT2D eigenvalue weighted by Gasteiger charge is -2.19. The maximum Gasteiger partial charge on any atom is 0.217 e. The second kappa shape index (κ2) is 6.78.